The zero-order chi connectivity index (χ0) is 9.78. The third-order valence-corrected chi connectivity index (χ3v) is 1.53. The maximum Gasteiger partial charge on any atom is 0.322 e. The standard InChI is InChI=1S/C5H9N3O2.2H2/c1-5(2-6)3(9)7-4(10)8-5;;/h2,6H2,1H3,(H2,7,8,9,10);2*1H/i;1+1D;1+1. The number of urea groups is 1. The van der Waals surface area contributed by atoms with E-state index in [0.717, 1.165) is 0 Å². The average molecular weight is 150 g/mol. The highest BCUT2D eigenvalue weighted by molar-refractivity contribution is 6.06. The number of nitrogens with one attached hydrogen (secondary N) is 2. The van der Waals surface area contributed by atoms with E-state index in [4.69, 9.17) is 8.70 Å². The highest BCUT2D eigenvalue weighted by atomic mass is 16.2. The van der Waals surface area contributed by atoms with Crippen LogP contribution < -0.4 is 16.4 Å². The Hall–Kier alpha value is -1.10. The van der Waals surface area contributed by atoms with Crippen molar-refractivity contribution < 1.29 is 14.0 Å². The number of nitrogens with two attached hydrogens (primary N) is 1. The predicted molar refractivity (Wildman–Crippen MR) is 38.4 cm³/mol. The monoisotopic (exact) mass is 150 g/mol. The Bertz CT molecular complexity index is 201. The van der Waals surface area contributed by atoms with Crippen molar-refractivity contribution in [1.29, 1.82) is 0 Å². The molecule has 0 aromatic heterocycles. The predicted octanol–water partition coefficient (Wildman–Crippen LogP) is -0.965. The Labute approximate surface area is 62.5 Å². The number of hydrogen-bond donors (Lipinski definition) is 3. The molecule has 3 amide bonds. The molecule has 1 rings (SSSR count). The van der Waals surface area contributed by atoms with Crippen molar-refractivity contribution in [2.75, 3.05) is 6.54 Å². The second-order valence-electron chi connectivity index (χ2n) is 2.44. The largest absolute Gasteiger partial charge is 0.328 e. The number of rotatable bonds is 1. The number of hydrogen-bond acceptors (Lipinski definition) is 3. The minimum absolute atomic E-state index is 0. The summed E-state index contributed by atoms with van der Waals surface area (Å²) in [6.07, 6.45) is 0. The van der Waals surface area contributed by atoms with E-state index in [1.807, 2.05) is 0 Å². The van der Waals surface area contributed by atoms with Crippen molar-refractivity contribution in [1.82, 2.24) is 10.6 Å². The molecule has 10 heavy (non-hydrogen) atoms. The van der Waals surface area contributed by atoms with Gasteiger partial charge in [0.2, 0.25) is 0 Å². The van der Waals surface area contributed by atoms with Gasteiger partial charge in [0.15, 0.2) is 0 Å². The van der Waals surface area contributed by atoms with Gasteiger partial charge < -0.3 is 11.1 Å². The van der Waals surface area contributed by atoms with Crippen LogP contribution in [0.15, 0.2) is 0 Å². The van der Waals surface area contributed by atoms with Crippen LogP contribution in [0.3, 0.4) is 0 Å². The second kappa shape index (κ2) is 1.95. The van der Waals surface area contributed by atoms with Crippen LogP contribution in [0.25, 0.3) is 0 Å². The topological polar surface area (TPSA) is 84.2 Å². The van der Waals surface area contributed by atoms with Crippen LogP contribution in [-0.2, 0) is 4.79 Å². The molecule has 0 aromatic rings. The summed E-state index contributed by atoms with van der Waals surface area (Å²) in [6, 6.07) is -0.474. The van der Waals surface area contributed by atoms with Gasteiger partial charge in [0.25, 0.3) is 5.91 Å². The molecule has 0 aromatic carbocycles. The van der Waals surface area contributed by atoms with Crippen molar-refractivity contribution in [3.05, 3.63) is 0 Å². The van der Waals surface area contributed by atoms with Crippen LogP contribution in [0.2, 0.25) is 0 Å². The molecule has 0 bridgehead atoms. The highest BCUT2D eigenvalue weighted by Crippen LogP contribution is 2.05. The van der Waals surface area contributed by atoms with Gasteiger partial charge in [0.05, 0.1) is 0 Å². The first kappa shape index (κ1) is 5.67. The number of imide groups is 1. The van der Waals surface area contributed by atoms with Gasteiger partial charge >= 0.3 is 6.03 Å². The van der Waals surface area contributed by atoms with Crippen LogP contribution in [0.4, 0.5) is 4.79 Å². The molecular formula is C5H13N3O2. The van der Waals surface area contributed by atoms with Gasteiger partial charge in [-0.1, -0.05) is 0 Å². The molecule has 1 atom stereocenters. The van der Waals surface area contributed by atoms with E-state index >= 15 is 0 Å². The Kier molecular flexibility index (Phi) is 1.10. The van der Waals surface area contributed by atoms with Crippen LogP contribution in [0.1, 0.15) is 11.3 Å². The molecule has 5 nitrogen and oxygen atoms in total. The first-order chi connectivity index (χ1) is 5.58. The molecule has 1 heterocycles. The molecule has 0 spiro atoms. The lowest BCUT2D eigenvalue weighted by Gasteiger charge is -2.16. The lowest BCUT2D eigenvalue weighted by atomic mass is 10.0. The summed E-state index contributed by atoms with van der Waals surface area (Å²) >= 11 is 0. The normalized spacial score (nSPS) is 32.6. The van der Waals surface area contributed by atoms with Crippen LogP contribution in [0, 0.1) is 0 Å². The molecule has 1 unspecified atom stereocenters. The van der Waals surface area contributed by atoms with Crippen molar-refractivity contribution in [3.63, 3.8) is 0 Å². The maximum absolute atomic E-state index is 10.9. The van der Waals surface area contributed by atoms with Crippen LogP contribution >= 0.6 is 0 Å². The quantitative estimate of drug-likeness (QED) is 0.421. The molecule has 5 heteroatoms. The minimum Gasteiger partial charge on any atom is -0.328 e. The van der Waals surface area contributed by atoms with E-state index in [1.165, 1.54) is 0 Å². The van der Waals surface area contributed by atoms with Gasteiger partial charge in [-0.2, -0.15) is 0 Å². The second-order valence-corrected chi connectivity index (χ2v) is 2.44. The highest BCUT2D eigenvalue weighted by Gasteiger charge is 2.40. The van der Waals surface area contributed by atoms with Gasteiger partial charge in [-0.15, -0.1) is 0 Å². The maximum atomic E-state index is 10.9. The van der Waals surface area contributed by atoms with Gasteiger partial charge in [-0.05, 0) is 6.92 Å². The van der Waals surface area contributed by atoms with E-state index in [9.17, 15) is 9.59 Å². The van der Waals surface area contributed by atoms with Gasteiger partial charge in [-0.25, -0.2) is 4.79 Å². The van der Waals surface area contributed by atoms with E-state index < -0.39 is 11.6 Å². The number of carbonyl (C=O) groups excluding carboxylic acids is 2. The van der Waals surface area contributed by atoms with Gasteiger partial charge in [0, 0.05) is 10.9 Å². The van der Waals surface area contributed by atoms with Crippen molar-refractivity contribution in [3.8, 4) is 0 Å². The molecule has 0 radical (unpaired) electrons. The van der Waals surface area contributed by atoms with Crippen LogP contribution in [-0.4, -0.2) is 24.0 Å². The van der Waals surface area contributed by atoms with E-state index in [-0.39, 0.29) is 13.9 Å². The fraction of sp³-hybridized carbons (Fsp3) is 0.600. The van der Waals surface area contributed by atoms with Crippen molar-refractivity contribution >= 4 is 11.9 Å². The molecule has 1 aliphatic heterocycles. The van der Waals surface area contributed by atoms with E-state index in [2.05, 4.69) is 10.6 Å². The Morgan fingerprint density at radius 3 is 2.60 bits per heavy atom. The zero-order valence-electron chi connectivity index (χ0n) is 7.60. The molecule has 1 fully saturated rings. The smallest absolute Gasteiger partial charge is 0.322 e. The molecular weight excluding hydrogens is 134 g/mol. The van der Waals surface area contributed by atoms with Crippen molar-refractivity contribution in [2.24, 2.45) is 5.73 Å². The summed E-state index contributed by atoms with van der Waals surface area (Å²) in [7, 11) is 0. The first-order valence-electron chi connectivity index (χ1n) is 3.92. The average Bonchev–Trinajstić information content (AvgIpc) is 2.31. The molecule has 1 aliphatic rings. The summed E-state index contributed by atoms with van der Waals surface area (Å²) in [4.78, 5) is 21.4. The molecule has 0 saturated carbocycles. The van der Waals surface area contributed by atoms with Gasteiger partial charge in [-0.3, -0.25) is 10.1 Å². The molecule has 60 valence electrons. The van der Waals surface area contributed by atoms with E-state index in [0.29, 0.717) is 0 Å². The Balaban J connectivity index is 0. The fourth-order valence-corrected chi connectivity index (χ4v) is 0.723. The summed E-state index contributed by atoms with van der Waals surface area (Å²) in [5.74, 6) is -0.361. The lowest BCUT2D eigenvalue weighted by Crippen LogP contribution is -2.49. The summed E-state index contributed by atoms with van der Waals surface area (Å²) in [5.41, 5.74) is 4.34. The SMILES string of the molecule is CC1(CN)NC(=O)NC1=O.[2HH].[2H][2H]. The fourth-order valence-electron chi connectivity index (χ4n) is 0.723. The Morgan fingerprint density at radius 2 is 2.40 bits per heavy atom. The van der Waals surface area contributed by atoms with Crippen molar-refractivity contribution in [2.45, 2.75) is 12.5 Å². The Morgan fingerprint density at radius 1 is 1.80 bits per heavy atom. The lowest BCUT2D eigenvalue weighted by molar-refractivity contribution is -0.123. The first-order valence-corrected chi connectivity index (χ1v) is 2.92. The third kappa shape index (κ3) is 0.841. The van der Waals surface area contributed by atoms with Crippen LogP contribution in [0.5, 0.6) is 0 Å². The van der Waals surface area contributed by atoms with Gasteiger partial charge in [0.1, 0.15) is 5.54 Å². The third-order valence-electron chi connectivity index (χ3n) is 1.53. The summed E-state index contributed by atoms with van der Waals surface area (Å²) < 4.78 is 10.0. The number of carbonyl (C=O) groups is 2. The molecule has 0 aliphatic carbocycles. The number of amides is 3. The molecule has 1 saturated heterocycles. The van der Waals surface area contributed by atoms with E-state index in [1.54, 1.807) is 6.92 Å². The zero-order valence-corrected chi connectivity index (χ0v) is 5.60. The summed E-state index contributed by atoms with van der Waals surface area (Å²) in [5, 5.41) is 4.49. The minimum atomic E-state index is -0.906. The summed E-state index contributed by atoms with van der Waals surface area (Å²) in [6.45, 7) is 1.69. The molecule has 4 N–H and O–H groups in total.